The van der Waals surface area contributed by atoms with Gasteiger partial charge in [0.25, 0.3) is 0 Å². The molecule has 0 aliphatic rings. The summed E-state index contributed by atoms with van der Waals surface area (Å²) in [6, 6.07) is 7.85. The summed E-state index contributed by atoms with van der Waals surface area (Å²) in [5.74, 6) is -0.744. The molecule has 0 saturated heterocycles. The third-order valence-corrected chi connectivity index (χ3v) is 4.58. The van der Waals surface area contributed by atoms with Crippen molar-refractivity contribution in [2.24, 2.45) is 0 Å². The Hall–Kier alpha value is -1.30. The molecule has 0 unspecified atom stereocenters. The van der Waals surface area contributed by atoms with Crippen molar-refractivity contribution in [1.29, 1.82) is 0 Å². The Morgan fingerprint density at radius 2 is 1.85 bits per heavy atom. The lowest BCUT2D eigenvalue weighted by Crippen LogP contribution is -2.10. The van der Waals surface area contributed by atoms with E-state index in [0.717, 1.165) is 6.07 Å². The summed E-state index contributed by atoms with van der Waals surface area (Å²) < 4.78 is 42.4. The summed E-state index contributed by atoms with van der Waals surface area (Å²) >= 11 is 11.6. The average molecular weight is 335 g/mol. The lowest BCUT2D eigenvalue weighted by atomic mass is 10.2. The summed E-state index contributed by atoms with van der Waals surface area (Å²) in [7, 11) is -4.17. The van der Waals surface area contributed by atoms with E-state index < -0.39 is 15.9 Å². The molecule has 0 bridgehead atoms. The zero-order chi connectivity index (χ0) is 14.9. The molecule has 0 atom stereocenters. The van der Waals surface area contributed by atoms with Crippen molar-refractivity contribution in [2.45, 2.75) is 11.8 Å². The van der Waals surface area contributed by atoms with Gasteiger partial charge in [-0.05, 0) is 36.8 Å². The molecule has 0 aromatic heterocycles. The number of benzene rings is 2. The first-order chi connectivity index (χ1) is 9.31. The van der Waals surface area contributed by atoms with E-state index in [1.165, 1.54) is 37.3 Å². The van der Waals surface area contributed by atoms with Crippen molar-refractivity contribution in [3.8, 4) is 5.75 Å². The molecule has 0 aliphatic heterocycles. The maximum Gasteiger partial charge on any atom is 0.339 e. The van der Waals surface area contributed by atoms with E-state index >= 15 is 0 Å². The van der Waals surface area contributed by atoms with Crippen LogP contribution in [0.3, 0.4) is 0 Å². The van der Waals surface area contributed by atoms with Crippen molar-refractivity contribution in [2.75, 3.05) is 0 Å². The Morgan fingerprint density at radius 1 is 1.15 bits per heavy atom. The lowest BCUT2D eigenvalue weighted by Gasteiger charge is -2.09. The number of aryl methyl sites for hydroxylation is 1. The van der Waals surface area contributed by atoms with Gasteiger partial charge in [-0.15, -0.1) is 0 Å². The van der Waals surface area contributed by atoms with Crippen molar-refractivity contribution in [3.63, 3.8) is 0 Å². The van der Waals surface area contributed by atoms with Gasteiger partial charge in [0.2, 0.25) is 0 Å². The number of rotatable bonds is 3. The molecule has 2 aromatic rings. The fourth-order valence-electron chi connectivity index (χ4n) is 1.44. The van der Waals surface area contributed by atoms with E-state index in [-0.39, 0.29) is 20.7 Å². The molecule has 0 radical (unpaired) electrons. The highest BCUT2D eigenvalue weighted by Crippen LogP contribution is 2.33. The molecular formula is C13H9Cl2FO3S. The summed E-state index contributed by atoms with van der Waals surface area (Å²) in [6.07, 6.45) is 0. The zero-order valence-electron chi connectivity index (χ0n) is 10.2. The largest absolute Gasteiger partial charge is 0.377 e. The minimum absolute atomic E-state index is 0.0228. The van der Waals surface area contributed by atoms with Gasteiger partial charge in [0.05, 0.1) is 5.02 Å². The normalized spacial score (nSPS) is 11.4. The first kappa shape index (κ1) is 15.1. The van der Waals surface area contributed by atoms with Gasteiger partial charge in [0, 0.05) is 0 Å². The Bertz CT molecular complexity index is 760. The number of halogens is 3. The molecule has 0 heterocycles. The lowest BCUT2D eigenvalue weighted by molar-refractivity contribution is 0.485. The molecule has 7 heteroatoms. The molecule has 106 valence electrons. The van der Waals surface area contributed by atoms with Gasteiger partial charge in [-0.25, -0.2) is 4.39 Å². The Balaban J connectivity index is 2.41. The molecule has 0 spiro atoms. The van der Waals surface area contributed by atoms with Gasteiger partial charge in [-0.1, -0.05) is 35.3 Å². The van der Waals surface area contributed by atoms with Crippen LogP contribution in [0.4, 0.5) is 4.39 Å². The van der Waals surface area contributed by atoms with Gasteiger partial charge in [-0.2, -0.15) is 8.42 Å². The molecule has 0 N–H and O–H groups in total. The predicted molar refractivity (Wildman–Crippen MR) is 75.4 cm³/mol. The van der Waals surface area contributed by atoms with Crippen LogP contribution in [0.1, 0.15) is 5.56 Å². The van der Waals surface area contributed by atoms with Crippen LogP contribution in [0.5, 0.6) is 5.75 Å². The highest BCUT2D eigenvalue weighted by Gasteiger charge is 2.20. The zero-order valence-corrected chi connectivity index (χ0v) is 12.6. The molecule has 0 amide bonds. The molecule has 0 fully saturated rings. The second kappa shape index (κ2) is 5.60. The summed E-state index contributed by atoms with van der Waals surface area (Å²) in [5.41, 5.74) is 0.338. The molecule has 0 saturated carbocycles. The van der Waals surface area contributed by atoms with Gasteiger partial charge < -0.3 is 4.18 Å². The molecule has 3 nitrogen and oxygen atoms in total. The minimum Gasteiger partial charge on any atom is -0.377 e. The minimum atomic E-state index is -4.17. The standard InChI is InChI=1S/C13H9Cl2FO3S/c1-8-5-6-9(7-11(8)16)20(17,18)19-12-4-2-3-10(14)13(12)15/h2-7H,1H3. The Morgan fingerprint density at radius 3 is 2.50 bits per heavy atom. The second-order valence-corrected chi connectivity index (χ2v) is 6.33. The number of hydrogen-bond donors (Lipinski definition) is 0. The molecule has 0 aliphatic carbocycles. The van der Waals surface area contributed by atoms with E-state index in [9.17, 15) is 12.8 Å². The topological polar surface area (TPSA) is 43.4 Å². The van der Waals surface area contributed by atoms with Crippen LogP contribution < -0.4 is 4.18 Å². The second-order valence-electron chi connectivity index (χ2n) is 4.00. The monoisotopic (exact) mass is 334 g/mol. The maximum absolute atomic E-state index is 13.4. The highest BCUT2D eigenvalue weighted by molar-refractivity contribution is 7.87. The Labute approximate surface area is 126 Å². The van der Waals surface area contributed by atoms with Crippen LogP contribution in [0.15, 0.2) is 41.3 Å². The van der Waals surface area contributed by atoms with Crippen LogP contribution >= 0.6 is 23.2 Å². The van der Waals surface area contributed by atoms with E-state index in [1.54, 1.807) is 0 Å². The van der Waals surface area contributed by atoms with E-state index in [1.807, 2.05) is 0 Å². The highest BCUT2D eigenvalue weighted by atomic mass is 35.5. The average Bonchev–Trinajstić information content (AvgIpc) is 2.38. The van der Waals surface area contributed by atoms with Crippen LogP contribution in [0.2, 0.25) is 10.0 Å². The number of hydrogen-bond acceptors (Lipinski definition) is 3. The fraction of sp³-hybridized carbons (Fsp3) is 0.0769. The van der Waals surface area contributed by atoms with Crippen molar-refractivity contribution >= 4 is 33.3 Å². The smallest absolute Gasteiger partial charge is 0.339 e. The van der Waals surface area contributed by atoms with Crippen molar-refractivity contribution in [3.05, 3.63) is 57.8 Å². The first-order valence-electron chi connectivity index (χ1n) is 5.46. The molecule has 2 aromatic carbocycles. The van der Waals surface area contributed by atoms with Gasteiger partial charge in [0.15, 0.2) is 5.75 Å². The summed E-state index contributed by atoms with van der Waals surface area (Å²) in [5, 5.41) is 0.139. The summed E-state index contributed by atoms with van der Waals surface area (Å²) in [6.45, 7) is 1.53. The molecule has 2 rings (SSSR count). The van der Waals surface area contributed by atoms with Crippen molar-refractivity contribution in [1.82, 2.24) is 0 Å². The van der Waals surface area contributed by atoms with Crippen LogP contribution in [-0.4, -0.2) is 8.42 Å². The van der Waals surface area contributed by atoms with Gasteiger partial charge in [-0.3, -0.25) is 0 Å². The van der Waals surface area contributed by atoms with Crippen molar-refractivity contribution < 1.29 is 17.0 Å². The van der Waals surface area contributed by atoms with E-state index in [4.69, 9.17) is 27.4 Å². The maximum atomic E-state index is 13.4. The van der Waals surface area contributed by atoms with Crippen LogP contribution in [0, 0.1) is 12.7 Å². The SMILES string of the molecule is Cc1ccc(S(=O)(=O)Oc2cccc(Cl)c2Cl)cc1F. The van der Waals surface area contributed by atoms with Gasteiger partial charge in [0.1, 0.15) is 15.7 Å². The predicted octanol–water partition coefficient (Wildman–Crippen LogP) is 4.21. The van der Waals surface area contributed by atoms with Crippen LogP contribution in [0.25, 0.3) is 0 Å². The third kappa shape index (κ3) is 3.06. The Kier molecular flexibility index (Phi) is 4.22. The van der Waals surface area contributed by atoms with Crippen LogP contribution in [-0.2, 0) is 10.1 Å². The quantitative estimate of drug-likeness (QED) is 0.789. The van der Waals surface area contributed by atoms with E-state index in [0.29, 0.717) is 5.56 Å². The molecule has 20 heavy (non-hydrogen) atoms. The fourth-order valence-corrected chi connectivity index (χ4v) is 2.77. The first-order valence-corrected chi connectivity index (χ1v) is 7.62. The third-order valence-electron chi connectivity index (χ3n) is 2.55. The van der Waals surface area contributed by atoms with E-state index in [2.05, 4.69) is 0 Å². The van der Waals surface area contributed by atoms with Gasteiger partial charge >= 0.3 is 10.1 Å². The summed E-state index contributed by atoms with van der Waals surface area (Å²) in [4.78, 5) is -0.295. The molecular weight excluding hydrogens is 326 g/mol.